The maximum atomic E-state index is 12.3. The van der Waals surface area contributed by atoms with Gasteiger partial charge in [0, 0.05) is 5.56 Å². The molecule has 5 nitrogen and oxygen atoms in total. The third-order valence-electron chi connectivity index (χ3n) is 3.43. The molecule has 0 aliphatic carbocycles. The van der Waals surface area contributed by atoms with E-state index in [0.717, 1.165) is 4.88 Å². The van der Waals surface area contributed by atoms with E-state index in [1.54, 1.807) is 17.4 Å². The molecule has 0 aliphatic rings. The van der Waals surface area contributed by atoms with Gasteiger partial charge in [0.2, 0.25) is 10.0 Å². The van der Waals surface area contributed by atoms with Crippen LogP contribution in [0.4, 0.5) is 0 Å². The maximum Gasteiger partial charge on any atom is 0.240 e. The summed E-state index contributed by atoms with van der Waals surface area (Å²) in [6, 6.07) is 13.3. The van der Waals surface area contributed by atoms with Crippen LogP contribution in [0.15, 0.2) is 63.2 Å². The highest BCUT2D eigenvalue weighted by Crippen LogP contribution is 2.26. The van der Waals surface area contributed by atoms with Crippen LogP contribution in [0.3, 0.4) is 0 Å². The number of carbonyl (C=O) groups is 1. The van der Waals surface area contributed by atoms with Crippen molar-refractivity contribution in [3.05, 3.63) is 65.2 Å². The molecule has 3 rings (SSSR count). The molecule has 1 N–H and O–H groups in total. The molecule has 0 saturated heterocycles. The molecule has 7 heteroatoms. The van der Waals surface area contributed by atoms with E-state index >= 15 is 0 Å². The highest BCUT2D eigenvalue weighted by atomic mass is 32.2. The van der Waals surface area contributed by atoms with Gasteiger partial charge < -0.3 is 4.42 Å². The van der Waals surface area contributed by atoms with Gasteiger partial charge in [-0.1, -0.05) is 18.2 Å². The molecule has 0 saturated carbocycles. The van der Waals surface area contributed by atoms with Gasteiger partial charge in [-0.15, -0.1) is 11.3 Å². The van der Waals surface area contributed by atoms with Crippen molar-refractivity contribution in [1.82, 2.24) is 4.72 Å². The Morgan fingerprint density at radius 3 is 2.50 bits per heavy atom. The fourth-order valence-electron chi connectivity index (χ4n) is 2.14. The Bertz CT molecular complexity index is 939. The Hall–Kier alpha value is -2.22. The first kappa shape index (κ1) is 16.6. The summed E-state index contributed by atoms with van der Waals surface area (Å²) >= 11 is 1.55. The SMILES string of the molecule is CC(=O)c1ccc(S(=O)(=O)NCc2ccc(-c3cccs3)o2)cc1. The number of Topliss-reactive ketones (excluding diaryl/α,β-unsaturated/α-hetero) is 1. The first-order chi connectivity index (χ1) is 11.5. The van der Waals surface area contributed by atoms with Crippen LogP contribution in [0.5, 0.6) is 0 Å². The molecule has 3 aromatic rings. The number of sulfonamides is 1. The van der Waals surface area contributed by atoms with Gasteiger partial charge in [-0.3, -0.25) is 4.79 Å². The van der Waals surface area contributed by atoms with Crippen molar-refractivity contribution in [3.63, 3.8) is 0 Å². The van der Waals surface area contributed by atoms with Gasteiger partial charge in [-0.25, -0.2) is 13.1 Å². The highest BCUT2D eigenvalue weighted by Gasteiger charge is 2.15. The van der Waals surface area contributed by atoms with E-state index in [2.05, 4.69) is 4.72 Å². The van der Waals surface area contributed by atoms with Crippen LogP contribution in [0.1, 0.15) is 23.0 Å². The first-order valence-electron chi connectivity index (χ1n) is 7.19. The second-order valence-corrected chi connectivity index (χ2v) is 7.86. The predicted molar refractivity (Wildman–Crippen MR) is 92.5 cm³/mol. The molecule has 0 fully saturated rings. The monoisotopic (exact) mass is 361 g/mol. The molecule has 0 bridgehead atoms. The molecule has 0 radical (unpaired) electrons. The molecule has 0 amide bonds. The van der Waals surface area contributed by atoms with Crippen LogP contribution < -0.4 is 4.72 Å². The number of benzene rings is 1. The van der Waals surface area contributed by atoms with E-state index in [4.69, 9.17) is 4.42 Å². The molecule has 24 heavy (non-hydrogen) atoms. The predicted octanol–water partition coefficient (Wildman–Crippen LogP) is 3.69. The van der Waals surface area contributed by atoms with Crippen molar-refractivity contribution in [2.75, 3.05) is 0 Å². The average Bonchev–Trinajstić information content (AvgIpc) is 3.24. The van der Waals surface area contributed by atoms with E-state index in [0.29, 0.717) is 17.1 Å². The van der Waals surface area contributed by atoms with E-state index in [1.165, 1.54) is 31.2 Å². The van der Waals surface area contributed by atoms with Crippen molar-refractivity contribution in [2.24, 2.45) is 0 Å². The number of carbonyl (C=O) groups excluding carboxylic acids is 1. The molecule has 0 aliphatic heterocycles. The maximum absolute atomic E-state index is 12.3. The number of nitrogens with one attached hydrogen (secondary N) is 1. The highest BCUT2D eigenvalue weighted by molar-refractivity contribution is 7.89. The second kappa shape index (κ2) is 6.72. The lowest BCUT2D eigenvalue weighted by Gasteiger charge is -2.06. The van der Waals surface area contributed by atoms with Crippen LogP contribution in [0, 0.1) is 0 Å². The minimum absolute atomic E-state index is 0.0577. The van der Waals surface area contributed by atoms with E-state index in [9.17, 15) is 13.2 Å². The number of rotatable bonds is 6. The van der Waals surface area contributed by atoms with E-state index in [1.807, 2.05) is 23.6 Å². The Labute approximate surface area is 144 Å². The van der Waals surface area contributed by atoms with Crippen LogP contribution in [0.25, 0.3) is 10.6 Å². The van der Waals surface area contributed by atoms with Crippen molar-refractivity contribution in [3.8, 4) is 10.6 Å². The van der Waals surface area contributed by atoms with Crippen LogP contribution in [0.2, 0.25) is 0 Å². The standard InChI is InChI=1S/C17H15NO4S2/c1-12(19)13-4-7-15(8-5-13)24(20,21)18-11-14-6-9-16(22-14)17-3-2-10-23-17/h2-10,18H,11H2,1H3. The largest absolute Gasteiger partial charge is 0.459 e. The van der Waals surface area contributed by atoms with Gasteiger partial charge in [0.05, 0.1) is 16.3 Å². The second-order valence-electron chi connectivity index (χ2n) is 5.15. The number of ketones is 1. The fourth-order valence-corrected chi connectivity index (χ4v) is 3.82. The number of thiophene rings is 1. The van der Waals surface area contributed by atoms with Crippen molar-refractivity contribution in [1.29, 1.82) is 0 Å². The third-order valence-corrected chi connectivity index (χ3v) is 5.73. The molecule has 0 unspecified atom stereocenters. The average molecular weight is 361 g/mol. The summed E-state index contributed by atoms with van der Waals surface area (Å²) < 4.78 is 32.7. The van der Waals surface area contributed by atoms with Crippen molar-refractivity contribution >= 4 is 27.1 Å². The molecule has 2 aromatic heterocycles. The molecule has 124 valence electrons. The number of furan rings is 1. The zero-order chi connectivity index (χ0) is 17.2. The molecule has 0 atom stereocenters. The summed E-state index contributed by atoms with van der Waals surface area (Å²) in [7, 11) is -3.66. The van der Waals surface area contributed by atoms with Gasteiger partial charge in [0.1, 0.15) is 11.5 Å². The lowest BCUT2D eigenvalue weighted by Crippen LogP contribution is -2.23. The zero-order valence-electron chi connectivity index (χ0n) is 12.9. The lowest BCUT2D eigenvalue weighted by molar-refractivity contribution is 0.101. The van der Waals surface area contributed by atoms with Gasteiger partial charge in [-0.05, 0) is 42.6 Å². The zero-order valence-corrected chi connectivity index (χ0v) is 14.5. The Balaban J connectivity index is 1.70. The smallest absolute Gasteiger partial charge is 0.240 e. The molecular weight excluding hydrogens is 346 g/mol. The van der Waals surface area contributed by atoms with Gasteiger partial charge in [0.15, 0.2) is 5.78 Å². The Morgan fingerprint density at radius 2 is 1.88 bits per heavy atom. The normalized spacial score (nSPS) is 11.5. The fraction of sp³-hybridized carbons (Fsp3) is 0.118. The van der Waals surface area contributed by atoms with Crippen LogP contribution >= 0.6 is 11.3 Å². The van der Waals surface area contributed by atoms with Gasteiger partial charge in [0.25, 0.3) is 0 Å². The molecule has 0 spiro atoms. The van der Waals surface area contributed by atoms with Crippen LogP contribution in [-0.2, 0) is 16.6 Å². The Morgan fingerprint density at radius 1 is 1.12 bits per heavy atom. The van der Waals surface area contributed by atoms with Gasteiger partial charge >= 0.3 is 0 Å². The van der Waals surface area contributed by atoms with Crippen LogP contribution in [-0.4, -0.2) is 14.2 Å². The Kier molecular flexibility index (Phi) is 4.66. The van der Waals surface area contributed by atoms with Crippen molar-refractivity contribution < 1.29 is 17.6 Å². The first-order valence-corrected chi connectivity index (χ1v) is 9.55. The molecular formula is C17H15NO4S2. The summed E-state index contributed by atoms with van der Waals surface area (Å²) in [5.74, 6) is 1.14. The summed E-state index contributed by atoms with van der Waals surface area (Å²) in [4.78, 5) is 12.3. The molecule has 1 aromatic carbocycles. The number of hydrogen-bond acceptors (Lipinski definition) is 5. The summed E-state index contributed by atoms with van der Waals surface area (Å²) in [5, 5.41) is 1.95. The summed E-state index contributed by atoms with van der Waals surface area (Å²) in [6.45, 7) is 1.49. The topological polar surface area (TPSA) is 76.4 Å². The minimum atomic E-state index is -3.66. The lowest BCUT2D eigenvalue weighted by atomic mass is 10.2. The molecule has 2 heterocycles. The number of hydrogen-bond donors (Lipinski definition) is 1. The third kappa shape index (κ3) is 3.64. The summed E-state index contributed by atoms with van der Waals surface area (Å²) in [5.41, 5.74) is 0.473. The summed E-state index contributed by atoms with van der Waals surface area (Å²) in [6.07, 6.45) is 0. The van der Waals surface area contributed by atoms with E-state index < -0.39 is 10.0 Å². The van der Waals surface area contributed by atoms with Gasteiger partial charge in [-0.2, -0.15) is 0 Å². The quantitative estimate of drug-likeness (QED) is 0.679. The minimum Gasteiger partial charge on any atom is -0.459 e. The van der Waals surface area contributed by atoms with E-state index in [-0.39, 0.29) is 17.2 Å². The van der Waals surface area contributed by atoms with Crippen molar-refractivity contribution in [2.45, 2.75) is 18.4 Å².